The number of carbonyl (C=O) groups excluding carboxylic acids is 4. The summed E-state index contributed by atoms with van der Waals surface area (Å²) in [5, 5.41) is 39.1. The van der Waals surface area contributed by atoms with E-state index in [1.807, 2.05) is 0 Å². The SMILES string of the molecule is NCCN(CC(=O)C(=O)O)C(=O)Cn1ccc([N+](=O)[O-])c1.NCCN(CC(=O)C(=O)O)C(=O)Cn1ccc2cc([N+](=O)[O-])ccc21. The van der Waals surface area contributed by atoms with Gasteiger partial charge in [-0.25, -0.2) is 9.59 Å². The number of nitro benzene ring substituents is 1. The van der Waals surface area contributed by atoms with E-state index in [2.05, 4.69) is 0 Å². The highest BCUT2D eigenvalue weighted by Gasteiger charge is 2.23. The molecule has 2 amide bonds. The molecule has 0 aliphatic rings. The first-order valence-corrected chi connectivity index (χ1v) is 13.2. The van der Waals surface area contributed by atoms with Crippen molar-refractivity contribution in [1.82, 2.24) is 18.9 Å². The number of Topliss-reactive ketones (excluding diaryl/α,β-unsaturated/α-hetero) is 2. The number of carbonyl (C=O) groups is 6. The Morgan fingerprint density at radius 1 is 0.739 bits per heavy atom. The Bertz CT molecular complexity index is 1650. The zero-order valence-electron chi connectivity index (χ0n) is 24.1. The topological polar surface area (TPSA) is 298 Å². The third kappa shape index (κ3) is 10.3. The standard InChI is InChI=1S/C15H16N4O6.C11H14N4O6/c16-4-6-18(8-13(20)15(22)23)14(21)9-17-5-3-10-7-11(19(24)25)1-2-12(10)17;12-2-4-14(6-9(16)11(18)19)10(17)7-13-3-1-8(5-13)15(20)21/h1-3,5,7H,4,6,8-9,16H2,(H,22,23);1,3,5H,2,4,6-7,12H2,(H,18,19). The van der Waals surface area contributed by atoms with Gasteiger partial charge in [0.15, 0.2) is 0 Å². The van der Waals surface area contributed by atoms with Gasteiger partial charge in [-0.3, -0.25) is 39.4 Å². The minimum atomic E-state index is -1.64. The van der Waals surface area contributed by atoms with E-state index in [1.54, 1.807) is 16.8 Å². The molecule has 0 radical (unpaired) electrons. The number of carboxylic acid groups (broad SMARTS) is 2. The maximum atomic E-state index is 12.4. The molecule has 1 aromatic carbocycles. The summed E-state index contributed by atoms with van der Waals surface area (Å²) in [4.78, 5) is 90.3. The van der Waals surface area contributed by atoms with Gasteiger partial charge in [-0.15, -0.1) is 0 Å². The van der Waals surface area contributed by atoms with Crippen LogP contribution in [-0.2, 0) is 41.9 Å². The Kier molecular flexibility index (Phi) is 13.2. The molecule has 0 atom stereocenters. The summed E-state index contributed by atoms with van der Waals surface area (Å²) in [5.74, 6) is -6.52. The summed E-state index contributed by atoms with van der Waals surface area (Å²) in [7, 11) is 0. The van der Waals surface area contributed by atoms with Crippen molar-refractivity contribution < 1.29 is 48.8 Å². The van der Waals surface area contributed by atoms with Crippen molar-refractivity contribution in [1.29, 1.82) is 0 Å². The average Bonchev–Trinajstić information content (AvgIpc) is 3.63. The predicted octanol–water partition coefficient (Wildman–Crippen LogP) is -1.17. The summed E-state index contributed by atoms with van der Waals surface area (Å²) in [5.41, 5.74) is 11.1. The number of benzene rings is 1. The van der Waals surface area contributed by atoms with Gasteiger partial charge in [0.2, 0.25) is 11.8 Å². The number of rotatable bonds is 16. The van der Waals surface area contributed by atoms with Crippen LogP contribution in [0.4, 0.5) is 11.4 Å². The molecule has 0 bridgehead atoms. The minimum absolute atomic E-state index is 0.0151. The zero-order chi connectivity index (χ0) is 34.6. The fraction of sp³-hybridized carbons (Fsp3) is 0.308. The highest BCUT2D eigenvalue weighted by atomic mass is 16.6. The first kappa shape index (κ1) is 36.2. The van der Waals surface area contributed by atoms with Crippen molar-refractivity contribution in [3.8, 4) is 0 Å². The third-order valence-corrected chi connectivity index (χ3v) is 6.18. The van der Waals surface area contributed by atoms with E-state index in [0.29, 0.717) is 10.9 Å². The largest absolute Gasteiger partial charge is 0.475 e. The smallest absolute Gasteiger partial charge is 0.374 e. The second-order valence-corrected chi connectivity index (χ2v) is 9.41. The molecule has 3 rings (SSSR count). The van der Waals surface area contributed by atoms with Gasteiger partial charge < -0.3 is 40.6 Å². The van der Waals surface area contributed by atoms with Crippen molar-refractivity contribution in [2.24, 2.45) is 11.5 Å². The summed E-state index contributed by atoms with van der Waals surface area (Å²) >= 11 is 0. The lowest BCUT2D eigenvalue weighted by molar-refractivity contribution is -0.384. The zero-order valence-corrected chi connectivity index (χ0v) is 24.1. The van der Waals surface area contributed by atoms with Gasteiger partial charge in [-0.1, -0.05) is 0 Å². The van der Waals surface area contributed by atoms with Gasteiger partial charge in [0.1, 0.15) is 13.1 Å². The van der Waals surface area contributed by atoms with E-state index in [4.69, 9.17) is 21.7 Å². The Morgan fingerprint density at radius 3 is 1.72 bits per heavy atom. The molecule has 20 nitrogen and oxygen atoms in total. The van der Waals surface area contributed by atoms with Crippen LogP contribution in [0.25, 0.3) is 10.9 Å². The quantitative estimate of drug-likeness (QED) is 0.0810. The maximum absolute atomic E-state index is 12.4. The Morgan fingerprint density at radius 2 is 1.26 bits per heavy atom. The van der Waals surface area contributed by atoms with Crippen LogP contribution in [0.15, 0.2) is 48.9 Å². The summed E-state index contributed by atoms with van der Waals surface area (Å²) in [6, 6.07) is 7.10. The Balaban J connectivity index is 0.000000326. The molecule has 246 valence electrons. The lowest BCUT2D eigenvalue weighted by Crippen LogP contribution is -2.42. The molecule has 46 heavy (non-hydrogen) atoms. The maximum Gasteiger partial charge on any atom is 0.374 e. The number of hydrogen-bond donors (Lipinski definition) is 4. The molecule has 2 aromatic heterocycles. The van der Waals surface area contributed by atoms with Crippen LogP contribution in [0.1, 0.15) is 0 Å². The molecule has 0 unspecified atom stereocenters. The highest BCUT2D eigenvalue weighted by Crippen LogP contribution is 2.22. The lowest BCUT2D eigenvalue weighted by atomic mass is 10.2. The second-order valence-electron chi connectivity index (χ2n) is 9.41. The second kappa shape index (κ2) is 16.7. The molecule has 20 heteroatoms. The highest BCUT2D eigenvalue weighted by molar-refractivity contribution is 6.34. The molecule has 0 aliphatic heterocycles. The molecule has 2 heterocycles. The summed E-state index contributed by atoms with van der Waals surface area (Å²) in [6.07, 6.45) is 4.10. The van der Waals surface area contributed by atoms with Crippen LogP contribution in [0, 0.1) is 20.2 Å². The molecule has 3 aromatic rings. The van der Waals surface area contributed by atoms with Crippen LogP contribution in [0.5, 0.6) is 0 Å². The van der Waals surface area contributed by atoms with Gasteiger partial charge in [0, 0.05) is 67.7 Å². The number of aromatic nitrogens is 2. The van der Waals surface area contributed by atoms with Gasteiger partial charge in [-0.05, 0) is 12.1 Å². The average molecular weight is 647 g/mol. The Labute approximate surface area is 258 Å². The molecule has 0 saturated carbocycles. The molecular weight excluding hydrogens is 616 g/mol. The van der Waals surface area contributed by atoms with Crippen LogP contribution < -0.4 is 11.5 Å². The first-order chi connectivity index (χ1) is 21.7. The monoisotopic (exact) mass is 646 g/mol. The lowest BCUT2D eigenvalue weighted by Gasteiger charge is -2.21. The van der Waals surface area contributed by atoms with Gasteiger partial charge in [0.05, 0.1) is 29.1 Å². The molecular formula is C26H30N8O12. The van der Waals surface area contributed by atoms with E-state index < -0.39 is 58.3 Å². The molecule has 6 N–H and O–H groups in total. The van der Waals surface area contributed by atoms with Crippen molar-refractivity contribution in [3.05, 3.63) is 69.2 Å². The van der Waals surface area contributed by atoms with Crippen LogP contribution in [0.2, 0.25) is 0 Å². The normalized spacial score (nSPS) is 10.4. The molecule has 0 spiro atoms. The van der Waals surface area contributed by atoms with E-state index in [-0.39, 0.29) is 50.6 Å². The number of fused-ring (bicyclic) bond motifs is 1. The number of amides is 2. The van der Waals surface area contributed by atoms with E-state index in [0.717, 1.165) is 16.0 Å². The van der Waals surface area contributed by atoms with E-state index >= 15 is 0 Å². The van der Waals surface area contributed by atoms with Crippen LogP contribution in [-0.4, -0.2) is 114 Å². The fourth-order valence-corrected chi connectivity index (χ4v) is 3.95. The summed E-state index contributed by atoms with van der Waals surface area (Å²) in [6.45, 7) is -1.34. The number of nitrogens with zero attached hydrogens (tertiary/aromatic N) is 6. The van der Waals surface area contributed by atoms with Crippen molar-refractivity contribution >= 4 is 57.6 Å². The van der Waals surface area contributed by atoms with E-state index in [9.17, 15) is 49.0 Å². The number of carboxylic acids is 2. The number of aliphatic carboxylic acids is 2. The number of non-ortho nitro benzene ring substituents is 1. The summed E-state index contributed by atoms with van der Waals surface area (Å²) < 4.78 is 2.84. The molecule has 0 saturated heterocycles. The predicted molar refractivity (Wildman–Crippen MR) is 156 cm³/mol. The number of nitro groups is 2. The number of nitrogens with two attached hydrogens (primary N) is 2. The Hall–Kier alpha value is -6.02. The number of hydrogen-bond acceptors (Lipinski definition) is 12. The van der Waals surface area contributed by atoms with Crippen LogP contribution in [0.3, 0.4) is 0 Å². The van der Waals surface area contributed by atoms with E-state index in [1.165, 1.54) is 35.0 Å². The van der Waals surface area contributed by atoms with Gasteiger partial charge in [0.25, 0.3) is 22.9 Å². The minimum Gasteiger partial charge on any atom is -0.475 e. The van der Waals surface area contributed by atoms with Gasteiger partial charge in [-0.2, -0.15) is 0 Å². The fourth-order valence-electron chi connectivity index (χ4n) is 3.95. The van der Waals surface area contributed by atoms with Crippen molar-refractivity contribution in [2.45, 2.75) is 13.1 Å². The first-order valence-electron chi connectivity index (χ1n) is 13.2. The molecule has 0 fully saturated rings. The van der Waals surface area contributed by atoms with Crippen molar-refractivity contribution in [3.63, 3.8) is 0 Å². The van der Waals surface area contributed by atoms with Gasteiger partial charge >= 0.3 is 11.9 Å². The van der Waals surface area contributed by atoms with Crippen LogP contribution >= 0.6 is 0 Å². The molecule has 0 aliphatic carbocycles. The number of ketones is 2. The third-order valence-electron chi connectivity index (χ3n) is 6.18. The van der Waals surface area contributed by atoms with Crippen molar-refractivity contribution in [2.75, 3.05) is 39.3 Å².